The lowest BCUT2D eigenvalue weighted by Crippen LogP contribution is -2.10. The highest BCUT2D eigenvalue weighted by Crippen LogP contribution is 2.26. The number of aromatic nitrogens is 1. The van der Waals surface area contributed by atoms with Crippen LogP contribution in [0.15, 0.2) is 48.8 Å². The van der Waals surface area contributed by atoms with Gasteiger partial charge in [0.05, 0.1) is 6.20 Å². The van der Waals surface area contributed by atoms with Crippen molar-refractivity contribution in [2.45, 2.75) is 26.2 Å². The lowest BCUT2D eigenvalue weighted by Gasteiger charge is -2.19. The van der Waals surface area contributed by atoms with E-state index in [4.69, 9.17) is 4.74 Å². The molecule has 0 atom stereocenters. The van der Waals surface area contributed by atoms with Crippen LogP contribution in [0.3, 0.4) is 0 Å². The number of benzene rings is 1. The van der Waals surface area contributed by atoms with Crippen LogP contribution < -0.4 is 4.74 Å². The zero-order valence-corrected chi connectivity index (χ0v) is 10.5. The predicted molar refractivity (Wildman–Crippen MR) is 69.5 cm³/mol. The fourth-order valence-corrected chi connectivity index (χ4v) is 1.57. The molecule has 0 saturated heterocycles. The molecular formula is C15H17NO. The van der Waals surface area contributed by atoms with E-state index in [0.29, 0.717) is 0 Å². The second-order valence-corrected chi connectivity index (χ2v) is 5.07. The van der Waals surface area contributed by atoms with E-state index in [-0.39, 0.29) is 5.41 Å². The van der Waals surface area contributed by atoms with Crippen molar-refractivity contribution in [3.8, 4) is 11.5 Å². The minimum Gasteiger partial charge on any atom is -0.456 e. The van der Waals surface area contributed by atoms with Gasteiger partial charge < -0.3 is 4.74 Å². The first-order chi connectivity index (χ1) is 8.05. The van der Waals surface area contributed by atoms with Crippen molar-refractivity contribution in [3.05, 3.63) is 54.4 Å². The molecule has 17 heavy (non-hydrogen) atoms. The van der Waals surface area contributed by atoms with E-state index in [2.05, 4.69) is 37.9 Å². The molecule has 0 aliphatic heterocycles. The van der Waals surface area contributed by atoms with Gasteiger partial charge in [-0.3, -0.25) is 4.98 Å². The van der Waals surface area contributed by atoms with Crippen LogP contribution in [0.1, 0.15) is 26.3 Å². The van der Waals surface area contributed by atoms with E-state index < -0.39 is 0 Å². The van der Waals surface area contributed by atoms with E-state index in [1.807, 2.05) is 24.3 Å². The number of hydrogen-bond acceptors (Lipinski definition) is 2. The molecule has 0 fully saturated rings. The van der Waals surface area contributed by atoms with E-state index in [1.165, 1.54) is 5.56 Å². The van der Waals surface area contributed by atoms with Crippen LogP contribution in [0.4, 0.5) is 0 Å². The summed E-state index contributed by atoms with van der Waals surface area (Å²) in [6, 6.07) is 11.9. The quantitative estimate of drug-likeness (QED) is 0.768. The van der Waals surface area contributed by atoms with Crippen molar-refractivity contribution in [1.29, 1.82) is 0 Å². The Balaban J connectivity index is 2.14. The van der Waals surface area contributed by atoms with E-state index >= 15 is 0 Å². The van der Waals surface area contributed by atoms with Gasteiger partial charge in [0, 0.05) is 6.20 Å². The molecule has 0 radical (unpaired) electrons. The maximum Gasteiger partial charge on any atom is 0.145 e. The molecule has 0 amide bonds. The van der Waals surface area contributed by atoms with Crippen LogP contribution in [0, 0.1) is 0 Å². The Morgan fingerprint density at radius 1 is 0.941 bits per heavy atom. The van der Waals surface area contributed by atoms with Crippen LogP contribution >= 0.6 is 0 Å². The Bertz CT molecular complexity index is 469. The molecule has 1 aromatic heterocycles. The molecule has 0 aliphatic rings. The van der Waals surface area contributed by atoms with Crippen molar-refractivity contribution >= 4 is 0 Å². The van der Waals surface area contributed by atoms with Gasteiger partial charge in [-0.1, -0.05) is 32.9 Å². The van der Waals surface area contributed by atoms with Gasteiger partial charge in [0.15, 0.2) is 0 Å². The van der Waals surface area contributed by atoms with Crippen LogP contribution in [0.5, 0.6) is 11.5 Å². The highest BCUT2D eigenvalue weighted by molar-refractivity contribution is 5.34. The maximum absolute atomic E-state index is 5.68. The molecule has 0 spiro atoms. The minimum absolute atomic E-state index is 0.173. The molecule has 1 heterocycles. The fraction of sp³-hybridized carbons (Fsp3) is 0.267. The molecule has 0 saturated carbocycles. The highest BCUT2D eigenvalue weighted by atomic mass is 16.5. The van der Waals surface area contributed by atoms with Crippen LogP contribution in [0.2, 0.25) is 0 Å². The summed E-state index contributed by atoms with van der Waals surface area (Å²) in [4.78, 5) is 4.01. The SMILES string of the molecule is CC(C)(C)c1ccc(Oc2cccnc2)cc1. The summed E-state index contributed by atoms with van der Waals surface area (Å²) in [7, 11) is 0. The second-order valence-electron chi connectivity index (χ2n) is 5.07. The zero-order chi connectivity index (χ0) is 12.3. The van der Waals surface area contributed by atoms with Crippen molar-refractivity contribution < 1.29 is 4.74 Å². The summed E-state index contributed by atoms with van der Waals surface area (Å²) in [5.74, 6) is 1.60. The average Bonchev–Trinajstić information content (AvgIpc) is 2.30. The summed E-state index contributed by atoms with van der Waals surface area (Å²) < 4.78 is 5.68. The molecule has 2 nitrogen and oxygen atoms in total. The van der Waals surface area contributed by atoms with Gasteiger partial charge in [0.2, 0.25) is 0 Å². The Kier molecular flexibility index (Phi) is 3.14. The smallest absolute Gasteiger partial charge is 0.145 e. The van der Waals surface area contributed by atoms with Gasteiger partial charge in [-0.25, -0.2) is 0 Å². The summed E-state index contributed by atoms with van der Waals surface area (Å²) in [5, 5.41) is 0. The third-order valence-corrected chi connectivity index (χ3v) is 2.59. The van der Waals surface area contributed by atoms with Crippen molar-refractivity contribution in [2.75, 3.05) is 0 Å². The van der Waals surface area contributed by atoms with E-state index in [0.717, 1.165) is 11.5 Å². The number of ether oxygens (including phenoxy) is 1. The third-order valence-electron chi connectivity index (χ3n) is 2.59. The van der Waals surface area contributed by atoms with Crippen LogP contribution in [0.25, 0.3) is 0 Å². The third kappa shape index (κ3) is 3.06. The molecule has 1 aromatic carbocycles. The first-order valence-electron chi connectivity index (χ1n) is 5.74. The molecule has 0 bridgehead atoms. The van der Waals surface area contributed by atoms with Gasteiger partial charge in [0.25, 0.3) is 0 Å². The monoisotopic (exact) mass is 227 g/mol. The van der Waals surface area contributed by atoms with Crippen molar-refractivity contribution in [3.63, 3.8) is 0 Å². The largest absolute Gasteiger partial charge is 0.456 e. The summed E-state index contributed by atoms with van der Waals surface area (Å²) in [6.07, 6.45) is 3.44. The summed E-state index contributed by atoms with van der Waals surface area (Å²) in [6.45, 7) is 6.60. The van der Waals surface area contributed by atoms with E-state index in [9.17, 15) is 0 Å². The predicted octanol–water partition coefficient (Wildman–Crippen LogP) is 4.17. The van der Waals surface area contributed by atoms with Crippen molar-refractivity contribution in [1.82, 2.24) is 4.98 Å². The molecule has 0 N–H and O–H groups in total. The number of rotatable bonds is 2. The zero-order valence-electron chi connectivity index (χ0n) is 10.5. The normalized spacial score (nSPS) is 11.2. The standard InChI is InChI=1S/C15H17NO/c1-15(2,3)12-6-8-13(9-7-12)17-14-5-4-10-16-11-14/h4-11H,1-3H3. The van der Waals surface area contributed by atoms with E-state index in [1.54, 1.807) is 12.4 Å². The maximum atomic E-state index is 5.68. The number of pyridine rings is 1. The lowest BCUT2D eigenvalue weighted by atomic mass is 9.87. The Morgan fingerprint density at radius 2 is 1.65 bits per heavy atom. The minimum atomic E-state index is 0.173. The number of nitrogens with zero attached hydrogens (tertiary/aromatic N) is 1. The molecule has 2 heteroatoms. The number of hydrogen-bond donors (Lipinski definition) is 0. The molecule has 2 rings (SSSR count). The van der Waals surface area contributed by atoms with Gasteiger partial charge >= 0.3 is 0 Å². The molecule has 0 unspecified atom stereocenters. The molecule has 88 valence electrons. The summed E-state index contributed by atoms with van der Waals surface area (Å²) >= 11 is 0. The Labute approximate surface area is 102 Å². The molecular weight excluding hydrogens is 210 g/mol. The van der Waals surface area contributed by atoms with Gasteiger partial charge in [-0.05, 0) is 35.2 Å². The summed E-state index contributed by atoms with van der Waals surface area (Å²) in [5.41, 5.74) is 1.48. The Morgan fingerprint density at radius 3 is 2.18 bits per heavy atom. The van der Waals surface area contributed by atoms with Gasteiger partial charge in [-0.15, -0.1) is 0 Å². The second kappa shape index (κ2) is 4.58. The van der Waals surface area contributed by atoms with Gasteiger partial charge in [-0.2, -0.15) is 0 Å². The van der Waals surface area contributed by atoms with Crippen LogP contribution in [-0.4, -0.2) is 4.98 Å². The van der Waals surface area contributed by atoms with Gasteiger partial charge in [0.1, 0.15) is 11.5 Å². The highest BCUT2D eigenvalue weighted by Gasteiger charge is 2.12. The van der Waals surface area contributed by atoms with Crippen LogP contribution in [-0.2, 0) is 5.41 Å². The Hall–Kier alpha value is -1.83. The van der Waals surface area contributed by atoms with Crippen molar-refractivity contribution in [2.24, 2.45) is 0 Å². The lowest BCUT2D eigenvalue weighted by molar-refractivity contribution is 0.479. The molecule has 2 aromatic rings. The first-order valence-corrected chi connectivity index (χ1v) is 5.74. The average molecular weight is 227 g/mol. The molecule has 0 aliphatic carbocycles. The fourth-order valence-electron chi connectivity index (χ4n) is 1.57. The topological polar surface area (TPSA) is 22.1 Å². The first kappa shape index (κ1) is 11.6.